The van der Waals surface area contributed by atoms with Gasteiger partial charge in [0.2, 0.25) is 0 Å². The predicted octanol–water partition coefficient (Wildman–Crippen LogP) is 2.04. The van der Waals surface area contributed by atoms with Crippen LogP contribution in [-0.4, -0.2) is 0 Å². The zero-order valence-electron chi connectivity index (χ0n) is 4.71. The monoisotopic (exact) mass is 92.1 g/mol. The molecule has 0 unspecified atom stereocenters. The molecule has 36 valence electrons. The Kier molecular flexibility index (Phi) is 0.351. The molecular formula is C7H8. The molecule has 2 aliphatic carbocycles. The Morgan fingerprint density at radius 2 is 1.86 bits per heavy atom. The maximum Gasteiger partial charge on any atom is -0.0104 e. The quantitative estimate of drug-likeness (QED) is 0.464. The SMILES string of the molecule is CCC1=C2C(C)=C12. The maximum absolute atomic E-state index is 2.22. The van der Waals surface area contributed by atoms with Gasteiger partial charge in [-0.3, -0.25) is 0 Å². The molecule has 0 aromatic rings. The van der Waals surface area contributed by atoms with E-state index in [0.717, 1.165) is 0 Å². The normalized spacial score (nSPS) is 23.1. The second kappa shape index (κ2) is 0.706. The van der Waals surface area contributed by atoms with Gasteiger partial charge in [-0.05, 0) is 35.6 Å². The van der Waals surface area contributed by atoms with Crippen molar-refractivity contribution < 1.29 is 0 Å². The molecule has 0 saturated heterocycles. The van der Waals surface area contributed by atoms with Crippen molar-refractivity contribution in [3.8, 4) is 0 Å². The highest BCUT2D eigenvalue weighted by atomic mass is 14.5. The van der Waals surface area contributed by atoms with E-state index >= 15 is 0 Å². The molecule has 0 saturated carbocycles. The standard InChI is InChI=1S/C7H8/c1-3-5-6-4(2)7(5)6/h3H2,1-2H3. The molecule has 0 heterocycles. The molecule has 0 bridgehead atoms. The van der Waals surface area contributed by atoms with Crippen LogP contribution in [-0.2, 0) is 0 Å². The third-order valence-electron chi connectivity index (χ3n) is 1.83. The van der Waals surface area contributed by atoms with Crippen molar-refractivity contribution in [2.24, 2.45) is 0 Å². The van der Waals surface area contributed by atoms with Crippen molar-refractivity contribution in [3.63, 3.8) is 0 Å². The van der Waals surface area contributed by atoms with Gasteiger partial charge in [-0.15, -0.1) is 0 Å². The van der Waals surface area contributed by atoms with E-state index in [9.17, 15) is 0 Å². The highest BCUT2D eigenvalue weighted by Crippen LogP contribution is 2.61. The van der Waals surface area contributed by atoms with Crippen molar-refractivity contribution in [2.75, 3.05) is 0 Å². The molecule has 0 radical (unpaired) electrons. The van der Waals surface area contributed by atoms with Gasteiger partial charge in [-0.25, -0.2) is 0 Å². The van der Waals surface area contributed by atoms with Crippen molar-refractivity contribution in [1.82, 2.24) is 0 Å². The first kappa shape index (κ1) is 3.48. The Hall–Kier alpha value is -0.520. The van der Waals surface area contributed by atoms with Gasteiger partial charge in [0.25, 0.3) is 0 Å². The van der Waals surface area contributed by atoms with E-state index in [-0.39, 0.29) is 0 Å². The summed E-state index contributed by atoms with van der Waals surface area (Å²) in [5.74, 6) is 0. The number of hydrogen-bond acceptors (Lipinski definition) is 0. The van der Waals surface area contributed by atoms with Gasteiger partial charge in [0.15, 0.2) is 0 Å². The van der Waals surface area contributed by atoms with Crippen molar-refractivity contribution in [2.45, 2.75) is 20.3 Å². The summed E-state index contributed by atoms with van der Waals surface area (Å²) in [4.78, 5) is 0. The first-order valence-corrected chi connectivity index (χ1v) is 2.81. The van der Waals surface area contributed by atoms with E-state index in [4.69, 9.17) is 0 Å². The van der Waals surface area contributed by atoms with Crippen LogP contribution in [0.3, 0.4) is 0 Å². The second-order valence-corrected chi connectivity index (χ2v) is 2.21. The van der Waals surface area contributed by atoms with Crippen LogP contribution in [0.1, 0.15) is 20.3 Å². The van der Waals surface area contributed by atoms with Crippen molar-refractivity contribution >= 4 is 0 Å². The van der Waals surface area contributed by atoms with Crippen LogP contribution in [0.25, 0.3) is 0 Å². The Morgan fingerprint density at radius 3 is 2.00 bits per heavy atom. The summed E-state index contributed by atoms with van der Waals surface area (Å²) in [6.07, 6.45) is 1.27. The van der Waals surface area contributed by atoms with Gasteiger partial charge < -0.3 is 0 Å². The highest BCUT2D eigenvalue weighted by molar-refractivity contribution is 5.91. The molecule has 0 spiro atoms. The molecular weight excluding hydrogens is 84.1 g/mol. The number of fused-ring (bicyclic) bond motifs is 1. The molecule has 0 aromatic heterocycles. The van der Waals surface area contributed by atoms with E-state index in [2.05, 4.69) is 13.8 Å². The van der Waals surface area contributed by atoms with Crippen LogP contribution >= 0.6 is 0 Å². The molecule has 0 N–H and O–H groups in total. The molecule has 0 amide bonds. The van der Waals surface area contributed by atoms with Crippen molar-refractivity contribution in [3.05, 3.63) is 22.3 Å². The second-order valence-electron chi connectivity index (χ2n) is 2.21. The first-order chi connectivity index (χ1) is 3.36. The fraction of sp³-hybridized carbons (Fsp3) is 0.429. The zero-order valence-corrected chi connectivity index (χ0v) is 4.71. The predicted molar refractivity (Wildman–Crippen MR) is 30.0 cm³/mol. The van der Waals surface area contributed by atoms with Crippen LogP contribution in [0.4, 0.5) is 0 Å². The van der Waals surface area contributed by atoms with Crippen LogP contribution in [0.5, 0.6) is 0 Å². The van der Waals surface area contributed by atoms with Gasteiger partial charge in [0.05, 0.1) is 0 Å². The van der Waals surface area contributed by atoms with E-state index in [1.54, 1.807) is 22.3 Å². The Morgan fingerprint density at radius 1 is 1.29 bits per heavy atom. The fourth-order valence-corrected chi connectivity index (χ4v) is 1.25. The van der Waals surface area contributed by atoms with Gasteiger partial charge in [-0.2, -0.15) is 0 Å². The van der Waals surface area contributed by atoms with Crippen LogP contribution in [0, 0.1) is 0 Å². The van der Waals surface area contributed by atoms with E-state index < -0.39 is 0 Å². The van der Waals surface area contributed by atoms with Crippen LogP contribution in [0.15, 0.2) is 22.3 Å². The Labute approximate surface area is 43.5 Å². The average molecular weight is 92.1 g/mol. The lowest BCUT2D eigenvalue weighted by Gasteiger charge is -1.80. The Balaban J connectivity index is 2.17. The molecule has 0 atom stereocenters. The van der Waals surface area contributed by atoms with E-state index in [1.165, 1.54) is 6.42 Å². The van der Waals surface area contributed by atoms with E-state index in [0.29, 0.717) is 0 Å². The van der Waals surface area contributed by atoms with Crippen LogP contribution < -0.4 is 0 Å². The number of allylic oxidation sites excluding steroid dienone is 4. The van der Waals surface area contributed by atoms with Gasteiger partial charge in [-0.1, -0.05) is 6.92 Å². The smallest absolute Gasteiger partial charge is 0.0104 e. The van der Waals surface area contributed by atoms with E-state index in [1.807, 2.05) is 0 Å². The topological polar surface area (TPSA) is 0 Å². The highest BCUT2D eigenvalue weighted by Gasteiger charge is 2.43. The summed E-state index contributed by atoms with van der Waals surface area (Å²) < 4.78 is 0. The maximum atomic E-state index is 2.22. The number of rotatable bonds is 1. The summed E-state index contributed by atoms with van der Waals surface area (Å²) in [5.41, 5.74) is 6.49. The molecule has 0 nitrogen and oxygen atoms in total. The zero-order chi connectivity index (χ0) is 5.02. The lowest BCUT2D eigenvalue weighted by Crippen LogP contribution is -1.62. The number of hydrogen-bond donors (Lipinski definition) is 0. The summed E-state index contributed by atoms with van der Waals surface area (Å²) in [7, 11) is 0. The minimum Gasteiger partial charge on any atom is -0.0612 e. The van der Waals surface area contributed by atoms with Crippen molar-refractivity contribution in [1.29, 1.82) is 0 Å². The third-order valence-corrected chi connectivity index (χ3v) is 1.83. The molecule has 0 aromatic carbocycles. The molecule has 0 heteroatoms. The Bertz CT molecular complexity index is 184. The summed E-state index contributed by atoms with van der Waals surface area (Å²) in [5, 5.41) is 0. The lowest BCUT2D eigenvalue weighted by molar-refractivity contribution is 1.17. The average Bonchev–Trinajstić information content (AvgIpc) is 2.47. The molecule has 0 fully saturated rings. The first-order valence-electron chi connectivity index (χ1n) is 2.81. The minimum absolute atomic E-state index is 1.27. The lowest BCUT2D eigenvalue weighted by atomic mass is 10.2. The minimum atomic E-state index is 1.27. The third kappa shape index (κ3) is 0.217. The molecule has 0 aliphatic heterocycles. The molecule has 7 heavy (non-hydrogen) atoms. The molecule has 2 rings (SSSR count). The summed E-state index contributed by atoms with van der Waals surface area (Å²) in [6, 6.07) is 0. The van der Waals surface area contributed by atoms with Gasteiger partial charge >= 0.3 is 0 Å². The summed E-state index contributed by atoms with van der Waals surface area (Å²) >= 11 is 0. The van der Waals surface area contributed by atoms with Gasteiger partial charge in [0.1, 0.15) is 0 Å². The molecule has 2 aliphatic rings. The summed E-state index contributed by atoms with van der Waals surface area (Å²) in [6.45, 7) is 4.42. The fourth-order valence-electron chi connectivity index (χ4n) is 1.25. The van der Waals surface area contributed by atoms with Gasteiger partial charge in [0, 0.05) is 0 Å². The largest absolute Gasteiger partial charge is 0.0612 e. The van der Waals surface area contributed by atoms with Crippen LogP contribution in [0.2, 0.25) is 0 Å².